The third-order valence-corrected chi connectivity index (χ3v) is 4.36. The van der Waals surface area contributed by atoms with Gasteiger partial charge in [0.1, 0.15) is 0 Å². The Bertz CT molecular complexity index is 724. The van der Waals surface area contributed by atoms with E-state index in [1.54, 1.807) is 0 Å². The Morgan fingerprint density at radius 1 is 1.38 bits per heavy atom. The summed E-state index contributed by atoms with van der Waals surface area (Å²) in [6.45, 7) is 1.11. The van der Waals surface area contributed by atoms with Crippen LogP contribution in [0.4, 0.5) is 5.69 Å². The van der Waals surface area contributed by atoms with Crippen molar-refractivity contribution in [3.63, 3.8) is 0 Å². The Balaban J connectivity index is 1.88. The molecule has 3 nitrogen and oxygen atoms in total. The van der Waals surface area contributed by atoms with E-state index in [1.807, 2.05) is 34.5 Å². The van der Waals surface area contributed by atoms with Crippen LogP contribution in [0.1, 0.15) is 27.2 Å². The number of benzene rings is 1. The number of thiophene rings is 1. The van der Waals surface area contributed by atoms with Gasteiger partial charge in [0, 0.05) is 17.6 Å². The summed E-state index contributed by atoms with van der Waals surface area (Å²) in [7, 11) is 0. The fourth-order valence-corrected chi connectivity index (χ4v) is 3.30. The zero-order chi connectivity index (χ0) is 14.7. The molecule has 0 unspecified atom stereocenters. The van der Waals surface area contributed by atoms with Crippen molar-refractivity contribution in [2.75, 3.05) is 18.0 Å². The molecule has 0 saturated heterocycles. The van der Waals surface area contributed by atoms with Crippen LogP contribution in [0.5, 0.6) is 0 Å². The molecule has 0 atom stereocenters. The largest absolute Gasteiger partial charge is 0.320 e. The number of anilines is 1. The van der Waals surface area contributed by atoms with Crippen LogP contribution in [0.3, 0.4) is 0 Å². The van der Waals surface area contributed by atoms with E-state index in [1.165, 1.54) is 16.9 Å². The molecular formula is C17H16N2OS. The Morgan fingerprint density at radius 3 is 3.10 bits per heavy atom. The average molecular weight is 296 g/mol. The SMILES string of the molecule is NCC#Cc1cc(C(=O)N2CCCc3ccccc32)cs1. The van der Waals surface area contributed by atoms with Crippen molar-refractivity contribution in [3.05, 3.63) is 51.7 Å². The van der Waals surface area contributed by atoms with E-state index in [-0.39, 0.29) is 5.91 Å². The van der Waals surface area contributed by atoms with Gasteiger partial charge in [0.2, 0.25) is 0 Å². The Morgan fingerprint density at radius 2 is 2.24 bits per heavy atom. The third kappa shape index (κ3) is 2.85. The van der Waals surface area contributed by atoms with Gasteiger partial charge in [-0.25, -0.2) is 0 Å². The van der Waals surface area contributed by atoms with Crippen LogP contribution in [-0.2, 0) is 6.42 Å². The van der Waals surface area contributed by atoms with Gasteiger partial charge in [-0.05, 0) is 30.5 Å². The van der Waals surface area contributed by atoms with Crippen molar-refractivity contribution < 1.29 is 4.79 Å². The van der Waals surface area contributed by atoms with Crippen LogP contribution in [0, 0.1) is 11.8 Å². The molecule has 2 N–H and O–H groups in total. The Labute approximate surface area is 128 Å². The van der Waals surface area contributed by atoms with Gasteiger partial charge in [-0.1, -0.05) is 30.0 Å². The van der Waals surface area contributed by atoms with E-state index >= 15 is 0 Å². The molecule has 1 aliphatic heterocycles. The van der Waals surface area contributed by atoms with Gasteiger partial charge in [-0.3, -0.25) is 4.79 Å². The third-order valence-electron chi connectivity index (χ3n) is 3.52. The molecule has 106 valence electrons. The second kappa shape index (κ2) is 6.13. The van der Waals surface area contributed by atoms with Crippen molar-refractivity contribution in [2.24, 2.45) is 5.73 Å². The highest BCUT2D eigenvalue weighted by molar-refractivity contribution is 7.10. The lowest BCUT2D eigenvalue weighted by Crippen LogP contribution is -2.35. The molecule has 1 aliphatic rings. The zero-order valence-corrected chi connectivity index (χ0v) is 12.5. The lowest BCUT2D eigenvalue weighted by molar-refractivity contribution is 0.0985. The summed E-state index contributed by atoms with van der Waals surface area (Å²) in [6, 6.07) is 9.98. The molecular weight excluding hydrogens is 280 g/mol. The molecule has 3 rings (SSSR count). The van der Waals surface area contributed by atoms with Crippen molar-refractivity contribution in [1.82, 2.24) is 0 Å². The first-order valence-electron chi connectivity index (χ1n) is 6.97. The van der Waals surface area contributed by atoms with E-state index in [0.29, 0.717) is 12.1 Å². The van der Waals surface area contributed by atoms with Gasteiger partial charge in [0.05, 0.1) is 17.0 Å². The van der Waals surface area contributed by atoms with Gasteiger partial charge < -0.3 is 10.6 Å². The van der Waals surface area contributed by atoms with Crippen molar-refractivity contribution in [3.8, 4) is 11.8 Å². The highest BCUT2D eigenvalue weighted by Crippen LogP contribution is 2.28. The van der Waals surface area contributed by atoms with Crippen molar-refractivity contribution in [1.29, 1.82) is 0 Å². The summed E-state index contributed by atoms with van der Waals surface area (Å²) in [6.07, 6.45) is 2.05. The first-order valence-corrected chi connectivity index (χ1v) is 7.85. The molecule has 1 aromatic heterocycles. The molecule has 1 aromatic carbocycles. The summed E-state index contributed by atoms with van der Waals surface area (Å²) < 4.78 is 0. The standard InChI is InChI=1S/C17H16N2OS/c18-9-3-7-15-11-14(12-21-15)17(20)19-10-4-6-13-5-1-2-8-16(13)19/h1-2,5,8,11-12H,4,6,9-10,18H2. The van der Waals surface area contributed by atoms with Crippen LogP contribution < -0.4 is 10.6 Å². The van der Waals surface area contributed by atoms with Crippen molar-refractivity contribution >= 4 is 22.9 Å². The summed E-state index contributed by atoms with van der Waals surface area (Å²) in [4.78, 5) is 15.5. The first kappa shape index (κ1) is 13.9. The van der Waals surface area contributed by atoms with E-state index in [2.05, 4.69) is 17.9 Å². The maximum atomic E-state index is 12.7. The first-order chi connectivity index (χ1) is 10.3. The molecule has 0 radical (unpaired) electrons. The summed E-state index contributed by atoms with van der Waals surface area (Å²) in [5, 5.41) is 1.88. The Kier molecular flexibility index (Phi) is 4.05. The number of nitrogens with two attached hydrogens (primary N) is 1. The molecule has 4 heteroatoms. The number of hydrogen-bond acceptors (Lipinski definition) is 3. The predicted octanol–water partition coefficient (Wildman–Crippen LogP) is 2.65. The maximum Gasteiger partial charge on any atom is 0.259 e. The van der Waals surface area contributed by atoms with Gasteiger partial charge >= 0.3 is 0 Å². The monoisotopic (exact) mass is 296 g/mol. The maximum absolute atomic E-state index is 12.7. The number of carbonyl (C=O) groups excluding carboxylic acids is 1. The van der Waals surface area contributed by atoms with E-state index in [9.17, 15) is 4.79 Å². The molecule has 0 spiro atoms. The van der Waals surface area contributed by atoms with Gasteiger partial charge in [0.25, 0.3) is 5.91 Å². The fraction of sp³-hybridized carbons (Fsp3) is 0.235. The summed E-state index contributed by atoms with van der Waals surface area (Å²) >= 11 is 1.49. The van der Waals surface area contributed by atoms with Crippen LogP contribution >= 0.6 is 11.3 Å². The minimum atomic E-state index is 0.0548. The molecule has 21 heavy (non-hydrogen) atoms. The minimum Gasteiger partial charge on any atom is -0.320 e. The van der Waals surface area contributed by atoms with E-state index < -0.39 is 0 Å². The number of fused-ring (bicyclic) bond motifs is 1. The second-order valence-electron chi connectivity index (χ2n) is 4.89. The predicted molar refractivity (Wildman–Crippen MR) is 86.7 cm³/mol. The van der Waals surface area contributed by atoms with Gasteiger partial charge in [-0.2, -0.15) is 0 Å². The molecule has 0 fully saturated rings. The zero-order valence-electron chi connectivity index (χ0n) is 11.6. The molecule has 0 saturated carbocycles. The smallest absolute Gasteiger partial charge is 0.259 e. The lowest BCUT2D eigenvalue weighted by Gasteiger charge is -2.29. The lowest BCUT2D eigenvalue weighted by atomic mass is 10.0. The topological polar surface area (TPSA) is 46.3 Å². The number of aryl methyl sites for hydroxylation is 1. The van der Waals surface area contributed by atoms with Gasteiger partial charge in [-0.15, -0.1) is 11.3 Å². The van der Waals surface area contributed by atoms with Crippen LogP contribution in [0.15, 0.2) is 35.7 Å². The normalized spacial score (nSPS) is 13.3. The number of rotatable bonds is 1. The number of para-hydroxylation sites is 1. The molecule has 1 amide bonds. The molecule has 2 aromatic rings. The van der Waals surface area contributed by atoms with Gasteiger partial charge in [0.15, 0.2) is 0 Å². The number of amides is 1. The van der Waals surface area contributed by atoms with Crippen LogP contribution in [0.25, 0.3) is 0 Å². The van der Waals surface area contributed by atoms with Crippen molar-refractivity contribution in [2.45, 2.75) is 12.8 Å². The molecule has 0 bridgehead atoms. The van der Waals surface area contributed by atoms with Crippen LogP contribution in [0.2, 0.25) is 0 Å². The summed E-state index contributed by atoms with van der Waals surface area (Å²) in [5.74, 6) is 5.84. The summed E-state index contributed by atoms with van der Waals surface area (Å²) in [5.41, 5.74) is 8.36. The number of hydrogen-bond donors (Lipinski definition) is 1. The highest BCUT2D eigenvalue weighted by atomic mass is 32.1. The quantitative estimate of drug-likeness (QED) is 0.822. The molecule has 0 aliphatic carbocycles. The highest BCUT2D eigenvalue weighted by Gasteiger charge is 2.23. The molecule has 2 heterocycles. The average Bonchev–Trinajstić information content (AvgIpc) is 3.00. The fourth-order valence-electron chi connectivity index (χ4n) is 2.55. The van der Waals surface area contributed by atoms with E-state index in [4.69, 9.17) is 5.73 Å². The Hall–Kier alpha value is -2.09. The van der Waals surface area contributed by atoms with Crippen LogP contribution in [-0.4, -0.2) is 19.0 Å². The minimum absolute atomic E-state index is 0.0548. The van der Waals surface area contributed by atoms with E-state index in [0.717, 1.165) is 30.0 Å². The number of carbonyl (C=O) groups is 1. The number of nitrogens with zero attached hydrogens (tertiary/aromatic N) is 1. The second-order valence-corrected chi connectivity index (χ2v) is 5.81.